The first-order chi connectivity index (χ1) is 16.6. The third-order valence-corrected chi connectivity index (χ3v) is 6.16. The van der Waals surface area contributed by atoms with E-state index in [0.29, 0.717) is 41.8 Å². The molecule has 1 aliphatic carbocycles. The van der Waals surface area contributed by atoms with E-state index in [2.05, 4.69) is 36.9 Å². The molecule has 0 aromatic carbocycles. The van der Waals surface area contributed by atoms with Crippen molar-refractivity contribution >= 4 is 17.4 Å². The van der Waals surface area contributed by atoms with Crippen LogP contribution in [0.2, 0.25) is 0 Å². The number of carbonyl (C=O) groups excluding carboxylic acids is 1. The molecule has 2 fully saturated rings. The molecule has 3 aromatic heterocycles. The number of ether oxygens (including phenoxy) is 1. The Hall–Kier alpha value is -3.90. The van der Waals surface area contributed by atoms with Gasteiger partial charge in [-0.25, -0.2) is 4.98 Å². The summed E-state index contributed by atoms with van der Waals surface area (Å²) in [6.07, 6.45) is 8.76. The first-order valence-corrected chi connectivity index (χ1v) is 11.5. The van der Waals surface area contributed by atoms with E-state index < -0.39 is 0 Å². The van der Waals surface area contributed by atoms with Crippen molar-refractivity contribution in [3.63, 3.8) is 0 Å². The Kier molecular flexibility index (Phi) is 6.14. The van der Waals surface area contributed by atoms with Crippen molar-refractivity contribution < 1.29 is 9.53 Å². The summed E-state index contributed by atoms with van der Waals surface area (Å²) in [5.74, 6) is 0.726. The molecule has 34 heavy (non-hydrogen) atoms. The van der Waals surface area contributed by atoms with Crippen LogP contribution in [0.5, 0.6) is 0 Å². The Morgan fingerprint density at radius 3 is 2.68 bits per heavy atom. The van der Waals surface area contributed by atoms with E-state index in [1.807, 2.05) is 13.0 Å². The SMILES string of the molecule is Cc1ncc(NC(=O)c2cnnc(C3CC3)c2)cc1-c1cnc(NC2CCOCC2)c(C#N)c1. The Morgan fingerprint density at radius 1 is 1.09 bits per heavy atom. The number of nitriles is 1. The summed E-state index contributed by atoms with van der Waals surface area (Å²) in [7, 11) is 0. The van der Waals surface area contributed by atoms with E-state index in [0.717, 1.165) is 48.2 Å². The molecule has 0 unspecified atom stereocenters. The van der Waals surface area contributed by atoms with Crippen LogP contribution >= 0.6 is 0 Å². The van der Waals surface area contributed by atoms with E-state index in [1.165, 1.54) is 6.20 Å². The van der Waals surface area contributed by atoms with E-state index in [1.54, 1.807) is 24.5 Å². The number of rotatable bonds is 6. The topological polar surface area (TPSA) is 126 Å². The van der Waals surface area contributed by atoms with Crippen molar-refractivity contribution in [1.29, 1.82) is 5.26 Å². The number of aryl methyl sites for hydroxylation is 1. The van der Waals surface area contributed by atoms with Crippen LogP contribution in [0.3, 0.4) is 0 Å². The average molecular weight is 456 g/mol. The molecule has 1 aliphatic heterocycles. The van der Waals surface area contributed by atoms with Crippen molar-refractivity contribution in [2.24, 2.45) is 0 Å². The Bertz CT molecular complexity index is 1260. The summed E-state index contributed by atoms with van der Waals surface area (Å²) in [6.45, 7) is 3.30. The van der Waals surface area contributed by atoms with Crippen molar-refractivity contribution in [3.05, 3.63) is 59.3 Å². The van der Waals surface area contributed by atoms with E-state index in [4.69, 9.17) is 4.74 Å². The molecule has 9 nitrogen and oxygen atoms in total. The molecule has 1 saturated carbocycles. The Morgan fingerprint density at radius 2 is 1.91 bits per heavy atom. The molecule has 5 rings (SSSR count). The second-order valence-electron chi connectivity index (χ2n) is 8.72. The van der Waals surface area contributed by atoms with Gasteiger partial charge in [0.15, 0.2) is 0 Å². The smallest absolute Gasteiger partial charge is 0.257 e. The van der Waals surface area contributed by atoms with Crippen LogP contribution in [0.1, 0.15) is 58.9 Å². The molecule has 2 N–H and O–H groups in total. The molecule has 0 bridgehead atoms. The molecule has 4 heterocycles. The molecule has 3 aromatic rings. The molecule has 172 valence electrons. The number of hydrogen-bond donors (Lipinski definition) is 2. The summed E-state index contributed by atoms with van der Waals surface area (Å²) < 4.78 is 5.40. The maximum absolute atomic E-state index is 12.8. The molecular formula is C25H25N7O2. The van der Waals surface area contributed by atoms with Crippen molar-refractivity contribution in [1.82, 2.24) is 20.2 Å². The standard InChI is InChI=1S/C25H25N7O2/c1-15-22(18-8-17(11-26)24(28-12-18)30-20-4-6-34-7-5-20)10-21(14-27-15)31-25(33)19-9-23(16-2-3-16)32-29-13-19/h8-10,12-14,16,20H,2-7H2,1H3,(H,28,30)(H,31,33). The number of amides is 1. The zero-order valence-electron chi connectivity index (χ0n) is 18.9. The van der Waals surface area contributed by atoms with Gasteiger partial charge in [0.2, 0.25) is 0 Å². The molecule has 0 spiro atoms. The second kappa shape index (κ2) is 9.53. The van der Waals surface area contributed by atoms with Crippen molar-refractivity contribution in [2.45, 2.75) is 44.6 Å². The van der Waals surface area contributed by atoms with Crippen molar-refractivity contribution in [2.75, 3.05) is 23.8 Å². The fraction of sp³-hybridized carbons (Fsp3) is 0.360. The number of carbonyl (C=O) groups is 1. The van der Waals surface area contributed by atoms with Crippen LogP contribution in [0.25, 0.3) is 11.1 Å². The van der Waals surface area contributed by atoms with Crippen molar-refractivity contribution in [3.8, 4) is 17.2 Å². The van der Waals surface area contributed by atoms with Crippen LogP contribution in [0.4, 0.5) is 11.5 Å². The molecule has 0 atom stereocenters. The molecule has 0 radical (unpaired) electrons. The van der Waals surface area contributed by atoms with Gasteiger partial charge in [-0.15, -0.1) is 0 Å². The van der Waals surface area contributed by atoms with Gasteiger partial charge in [0, 0.05) is 48.2 Å². The van der Waals surface area contributed by atoms with Gasteiger partial charge in [0.05, 0.1) is 34.9 Å². The lowest BCUT2D eigenvalue weighted by atomic mass is 10.0. The number of aromatic nitrogens is 4. The lowest BCUT2D eigenvalue weighted by molar-refractivity contribution is 0.0904. The van der Waals surface area contributed by atoms with E-state index in [9.17, 15) is 10.1 Å². The highest BCUT2D eigenvalue weighted by Gasteiger charge is 2.26. The Balaban J connectivity index is 1.36. The zero-order valence-corrected chi connectivity index (χ0v) is 18.9. The zero-order chi connectivity index (χ0) is 23.5. The van der Waals surface area contributed by atoms with Crippen LogP contribution in [-0.2, 0) is 4.74 Å². The number of anilines is 2. The van der Waals surface area contributed by atoms with Gasteiger partial charge < -0.3 is 15.4 Å². The Labute approximate surface area is 197 Å². The fourth-order valence-electron chi connectivity index (χ4n) is 4.03. The quantitative estimate of drug-likeness (QED) is 0.574. The summed E-state index contributed by atoms with van der Waals surface area (Å²) >= 11 is 0. The summed E-state index contributed by atoms with van der Waals surface area (Å²) in [5, 5.41) is 24.1. The van der Waals surface area contributed by atoms with Gasteiger partial charge in [-0.3, -0.25) is 9.78 Å². The second-order valence-corrected chi connectivity index (χ2v) is 8.72. The normalized spacial score (nSPS) is 16.0. The number of hydrogen-bond acceptors (Lipinski definition) is 8. The third-order valence-electron chi connectivity index (χ3n) is 6.16. The highest BCUT2D eigenvalue weighted by atomic mass is 16.5. The largest absolute Gasteiger partial charge is 0.381 e. The van der Waals surface area contributed by atoms with Gasteiger partial charge in [-0.05, 0) is 50.8 Å². The highest BCUT2D eigenvalue weighted by molar-refractivity contribution is 6.04. The van der Waals surface area contributed by atoms with Gasteiger partial charge >= 0.3 is 0 Å². The third kappa shape index (κ3) is 4.87. The maximum atomic E-state index is 12.8. The number of nitrogens with zero attached hydrogens (tertiary/aromatic N) is 5. The van der Waals surface area contributed by atoms with E-state index >= 15 is 0 Å². The maximum Gasteiger partial charge on any atom is 0.257 e. The molecule has 9 heteroatoms. The van der Waals surface area contributed by atoms with Crippen LogP contribution in [-0.4, -0.2) is 45.3 Å². The minimum absolute atomic E-state index is 0.240. The minimum atomic E-state index is -0.264. The highest BCUT2D eigenvalue weighted by Crippen LogP contribution is 2.38. The lowest BCUT2D eigenvalue weighted by Crippen LogP contribution is -2.28. The lowest BCUT2D eigenvalue weighted by Gasteiger charge is -2.24. The monoisotopic (exact) mass is 455 g/mol. The first kappa shape index (κ1) is 21.9. The fourth-order valence-corrected chi connectivity index (χ4v) is 4.03. The van der Waals surface area contributed by atoms with Gasteiger partial charge in [0.25, 0.3) is 5.91 Å². The summed E-state index contributed by atoms with van der Waals surface area (Å²) in [6, 6.07) is 7.94. The van der Waals surface area contributed by atoms with Gasteiger partial charge in [-0.2, -0.15) is 15.5 Å². The first-order valence-electron chi connectivity index (χ1n) is 11.5. The molecule has 1 saturated heterocycles. The molecule has 2 aliphatic rings. The van der Waals surface area contributed by atoms with Crippen LogP contribution in [0.15, 0.2) is 36.8 Å². The predicted molar refractivity (Wildman–Crippen MR) is 126 cm³/mol. The number of nitrogens with one attached hydrogen (secondary N) is 2. The van der Waals surface area contributed by atoms with Gasteiger partial charge in [-0.1, -0.05) is 0 Å². The predicted octanol–water partition coefficient (Wildman–Crippen LogP) is 3.83. The summed E-state index contributed by atoms with van der Waals surface area (Å²) in [4.78, 5) is 21.8. The van der Waals surface area contributed by atoms with Gasteiger partial charge in [0.1, 0.15) is 11.9 Å². The minimum Gasteiger partial charge on any atom is -0.381 e. The van der Waals surface area contributed by atoms with E-state index in [-0.39, 0.29) is 11.9 Å². The molecule has 1 amide bonds. The van der Waals surface area contributed by atoms with Crippen LogP contribution < -0.4 is 10.6 Å². The van der Waals surface area contributed by atoms with Crippen LogP contribution in [0, 0.1) is 18.3 Å². The number of pyridine rings is 2. The average Bonchev–Trinajstić information content (AvgIpc) is 3.72. The summed E-state index contributed by atoms with van der Waals surface area (Å²) in [5.41, 5.74) is 4.68. The molecular weight excluding hydrogens is 430 g/mol.